The van der Waals surface area contributed by atoms with Crippen molar-refractivity contribution in [2.45, 2.75) is 36.6 Å². The van der Waals surface area contributed by atoms with Crippen LogP contribution in [0.3, 0.4) is 0 Å². The number of benzene rings is 2. The minimum absolute atomic E-state index is 0.0832. The molecule has 2 aromatic rings. The van der Waals surface area contributed by atoms with Crippen molar-refractivity contribution in [2.75, 3.05) is 27.4 Å². The number of carbonyl (C=O) groups excluding carboxylic acids is 1. The van der Waals surface area contributed by atoms with Crippen molar-refractivity contribution in [1.82, 2.24) is 0 Å². The quantitative estimate of drug-likeness (QED) is 0.265. The van der Waals surface area contributed by atoms with Gasteiger partial charge in [0.2, 0.25) is 0 Å². The Morgan fingerprint density at radius 2 is 1.65 bits per heavy atom. The summed E-state index contributed by atoms with van der Waals surface area (Å²) in [6, 6.07) is 7.85. The van der Waals surface area contributed by atoms with Gasteiger partial charge in [-0.2, -0.15) is 0 Å². The standard InChI is InChI=1S/C26H30O11/c1-34-19-6-12(3-4-17(19)29)22-15-8-18(30)20(35-2)7-13(15)5-14(9-27)16(22)11-36-26-25(33)24(32)23(31)21(10-28)37-26/h3-9,16,21-26,28-33H,10-11H2,1-2H3/t16-,21+,22-,23+,24-,25+,26+/m0/s1. The third kappa shape index (κ3) is 5.01. The SMILES string of the molecule is COc1cc([C@H]2c3cc(O)c(OC)cc3C=C(C=O)[C@@H]2CO[C@@H]2O[C@H](CO)[C@@H](O)[C@H](O)[C@H]2O)ccc1O. The predicted octanol–water partition coefficient (Wildman–Crippen LogP) is 0.275. The smallest absolute Gasteiger partial charge is 0.186 e. The first-order chi connectivity index (χ1) is 17.7. The lowest BCUT2D eigenvalue weighted by atomic mass is 9.72. The zero-order valence-corrected chi connectivity index (χ0v) is 20.2. The zero-order chi connectivity index (χ0) is 26.9. The molecular weight excluding hydrogens is 488 g/mol. The number of carbonyl (C=O) groups is 1. The van der Waals surface area contributed by atoms with Crippen LogP contribution in [0.5, 0.6) is 23.0 Å². The average molecular weight is 519 g/mol. The summed E-state index contributed by atoms with van der Waals surface area (Å²) in [5.41, 5.74) is 2.23. The maximum Gasteiger partial charge on any atom is 0.186 e. The Morgan fingerprint density at radius 1 is 0.946 bits per heavy atom. The molecule has 7 atom stereocenters. The number of rotatable bonds is 8. The van der Waals surface area contributed by atoms with E-state index in [1.807, 2.05) is 0 Å². The van der Waals surface area contributed by atoms with Crippen LogP contribution in [0.25, 0.3) is 6.08 Å². The highest BCUT2D eigenvalue weighted by Gasteiger charge is 2.45. The van der Waals surface area contributed by atoms with E-state index in [2.05, 4.69) is 0 Å². The molecule has 0 bridgehead atoms. The van der Waals surface area contributed by atoms with Gasteiger partial charge < -0.3 is 49.6 Å². The van der Waals surface area contributed by atoms with E-state index in [0.717, 1.165) is 0 Å². The van der Waals surface area contributed by atoms with E-state index in [-0.39, 0.29) is 29.6 Å². The molecule has 1 saturated heterocycles. The predicted molar refractivity (Wildman–Crippen MR) is 128 cm³/mol. The van der Waals surface area contributed by atoms with Crippen LogP contribution >= 0.6 is 0 Å². The number of phenolic OH excluding ortho intramolecular Hbond substituents is 2. The Balaban J connectivity index is 1.75. The van der Waals surface area contributed by atoms with Crippen molar-refractivity contribution in [3.63, 3.8) is 0 Å². The van der Waals surface area contributed by atoms with E-state index in [9.17, 15) is 35.4 Å². The molecule has 0 saturated carbocycles. The number of aldehydes is 1. The Kier molecular flexibility index (Phi) is 8.02. The summed E-state index contributed by atoms with van der Waals surface area (Å²) >= 11 is 0. The van der Waals surface area contributed by atoms with Gasteiger partial charge in [0.05, 0.1) is 27.4 Å². The number of hydrogen-bond donors (Lipinski definition) is 6. The molecule has 0 spiro atoms. The van der Waals surface area contributed by atoms with Crippen molar-refractivity contribution >= 4 is 12.4 Å². The minimum atomic E-state index is -1.62. The van der Waals surface area contributed by atoms with Gasteiger partial charge >= 0.3 is 0 Å². The van der Waals surface area contributed by atoms with Gasteiger partial charge in [0.1, 0.15) is 30.7 Å². The number of methoxy groups -OCH3 is 2. The highest BCUT2D eigenvalue weighted by atomic mass is 16.7. The summed E-state index contributed by atoms with van der Waals surface area (Å²) in [6.07, 6.45) is -5.01. The topological polar surface area (TPSA) is 175 Å². The van der Waals surface area contributed by atoms with Gasteiger partial charge in [-0.1, -0.05) is 6.07 Å². The molecule has 37 heavy (non-hydrogen) atoms. The van der Waals surface area contributed by atoms with Crippen LogP contribution in [0.1, 0.15) is 22.6 Å². The molecule has 1 aliphatic carbocycles. The van der Waals surface area contributed by atoms with Crippen LogP contribution in [-0.2, 0) is 14.3 Å². The molecular formula is C26H30O11. The summed E-state index contributed by atoms with van der Waals surface area (Å²) in [5, 5.41) is 60.7. The molecule has 0 aromatic heterocycles. The van der Waals surface area contributed by atoms with Gasteiger partial charge in [-0.05, 0) is 52.6 Å². The number of hydrogen-bond acceptors (Lipinski definition) is 11. The van der Waals surface area contributed by atoms with E-state index < -0.39 is 49.1 Å². The molecule has 200 valence electrons. The molecule has 1 heterocycles. The fraction of sp³-hybridized carbons (Fsp3) is 0.423. The molecule has 6 N–H and O–H groups in total. The van der Waals surface area contributed by atoms with E-state index in [4.69, 9.17) is 18.9 Å². The van der Waals surface area contributed by atoms with E-state index in [0.29, 0.717) is 28.5 Å². The number of fused-ring (bicyclic) bond motifs is 1. The molecule has 2 aromatic carbocycles. The average Bonchev–Trinajstić information content (AvgIpc) is 2.90. The molecule has 0 radical (unpaired) electrons. The van der Waals surface area contributed by atoms with Crippen molar-refractivity contribution < 1.29 is 54.4 Å². The van der Waals surface area contributed by atoms with Crippen LogP contribution in [0, 0.1) is 5.92 Å². The molecule has 0 unspecified atom stereocenters. The summed E-state index contributed by atoms with van der Waals surface area (Å²) < 4.78 is 21.8. The summed E-state index contributed by atoms with van der Waals surface area (Å²) in [6.45, 7) is -0.800. The lowest BCUT2D eigenvalue weighted by Gasteiger charge is -2.41. The Bertz CT molecular complexity index is 1160. The minimum Gasteiger partial charge on any atom is -0.504 e. The van der Waals surface area contributed by atoms with E-state index in [1.165, 1.54) is 26.4 Å². The van der Waals surface area contributed by atoms with Crippen LogP contribution in [0.15, 0.2) is 35.9 Å². The molecule has 11 nitrogen and oxygen atoms in total. The summed E-state index contributed by atoms with van der Waals surface area (Å²) in [4.78, 5) is 12.2. The van der Waals surface area contributed by atoms with Gasteiger partial charge in [0.15, 0.2) is 29.3 Å². The second kappa shape index (κ2) is 11.1. The van der Waals surface area contributed by atoms with Crippen LogP contribution in [-0.4, -0.2) is 95.1 Å². The Labute approximate surface area is 212 Å². The number of aliphatic hydroxyl groups is 4. The maximum atomic E-state index is 12.2. The number of aromatic hydroxyl groups is 2. The second-order valence-electron chi connectivity index (χ2n) is 8.96. The van der Waals surface area contributed by atoms with Gasteiger partial charge in [0.25, 0.3) is 0 Å². The van der Waals surface area contributed by atoms with Crippen LogP contribution in [0.2, 0.25) is 0 Å². The highest BCUT2D eigenvalue weighted by molar-refractivity contribution is 5.86. The normalized spacial score (nSPS) is 29.2. The third-order valence-electron chi connectivity index (χ3n) is 6.86. The molecule has 11 heteroatoms. The number of ether oxygens (including phenoxy) is 4. The molecule has 1 aliphatic heterocycles. The van der Waals surface area contributed by atoms with Gasteiger partial charge in [-0.3, -0.25) is 4.79 Å². The van der Waals surface area contributed by atoms with Crippen LogP contribution in [0.4, 0.5) is 0 Å². The zero-order valence-electron chi connectivity index (χ0n) is 20.2. The third-order valence-corrected chi connectivity index (χ3v) is 6.86. The number of aliphatic hydroxyl groups excluding tert-OH is 4. The lowest BCUT2D eigenvalue weighted by molar-refractivity contribution is -0.302. The maximum absolute atomic E-state index is 12.2. The Hall–Kier alpha value is -3.19. The Morgan fingerprint density at radius 3 is 2.30 bits per heavy atom. The highest BCUT2D eigenvalue weighted by Crippen LogP contribution is 2.47. The molecule has 1 fully saturated rings. The molecule has 4 rings (SSSR count). The van der Waals surface area contributed by atoms with Gasteiger partial charge in [-0.25, -0.2) is 0 Å². The van der Waals surface area contributed by atoms with Gasteiger partial charge in [0, 0.05) is 11.8 Å². The fourth-order valence-electron chi connectivity index (χ4n) is 4.87. The lowest BCUT2D eigenvalue weighted by Crippen LogP contribution is -2.59. The fourth-order valence-corrected chi connectivity index (χ4v) is 4.87. The molecule has 2 aliphatic rings. The van der Waals surface area contributed by atoms with E-state index in [1.54, 1.807) is 24.3 Å². The van der Waals surface area contributed by atoms with E-state index >= 15 is 0 Å². The largest absolute Gasteiger partial charge is 0.504 e. The first kappa shape index (κ1) is 26.9. The van der Waals surface area contributed by atoms with Crippen molar-refractivity contribution in [1.29, 1.82) is 0 Å². The number of phenols is 2. The second-order valence-corrected chi connectivity index (χ2v) is 8.96. The summed E-state index contributed by atoms with van der Waals surface area (Å²) in [5.74, 6) is -1.03. The van der Waals surface area contributed by atoms with Crippen molar-refractivity contribution in [3.8, 4) is 23.0 Å². The van der Waals surface area contributed by atoms with Crippen LogP contribution < -0.4 is 9.47 Å². The first-order valence-electron chi connectivity index (χ1n) is 11.6. The van der Waals surface area contributed by atoms with Gasteiger partial charge in [-0.15, -0.1) is 0 Å². The monoisotopic (exact) mass is 518 g/mol. The van der Waals surface area contributed by atoms with Crippen molar-refractivity contribution in [3.05, 3.63) is 52.6 Å². The first-order valence-corrected chi connectivity index (χ1v) is 11.6. The molecule has 0 amide bonds. The van der Waals surface area contributed by atoms with Crippen molar-refractivity contribution in [2.24, 2.45) is 5.92 Å². The summed E-state index contributed by atoms with van der Waals surface area (Å²) in [7, 11) is 2.81.